The number of hydrogen-bond acceptors (Lipinski definition) is 4. The lowest BCUT2D eigenvalue weighted by Crippen LogP contribution is -2.03. The molecule has 2 rings (SSSR count). The molecule has 0 bridgehead atoms. The molecular formula is C10H10FN3O. The Hall–Kier alpha value is -1.91. The van der Waals surface area contributed by atoms with Crippen LogP contribution in [0.4, 0.5) is 10.2 Å². The van der Waals surface area contributed by atoms with Gasteiger partial charge in [0.1, 0.15) is 5.76 Å². The van der Waals surface area contributed by atoms with Crippen molar-refractivity contribution in [3.05, 3.63) is 42.0 Å². The monoisotopic (exact) mass is 207 g/mol. The topological polar surface area (TPSA) is 51.0 Å². The van der Waals surface area contributed by atoms with E-state index in [0.29, 0.717) is 12.4 Å². The van der Waals surface area contributed by atoms with Gasteiger partial charge in [-0.15, -0.1) is 0 Å². The normalized spacial score (nSPS) is 10.3. The van der Waals surface area contributed by atoms with Crippen molar-refractivity contribution in [3.8, 4) is 0 Å². The van der Waals surface area contributed by atoms with Gasteiger partial charge in [0.05, 0.1) is 12.7 Å². The maximum atomic E-state index is 13.1. The van der Waals surface area contributed by atoms with Crippen LogP contribution in [0.3, 0.4) is 0 Å². The Morgan fingerprint density at radius 1 is 1.47 bits per heavy atom. The quantitative estimate of drug-likeness (QED) is 0.837. The van der Waals surface area contributed by atoms with Gasteiger partial charge in [-0.3, -0.25) is 0 Å². The lowest BCUT2D eigenvalue weighted by atomic mass is 10.4. The molecule has 0 saturated heterocycles. The minimum absolute atomic E-state index is 0.202. The first-order valence-corrected chi connectivity index (χ1v) is 4.51. The van der Waals surface area contributed by atoms with Crippen LogP contribution in [0.5, 0.6) is 0 Å². The van der Waals surface area contributed by atoms with E-state index in [9.17, 15) is 4.39 Å². The van der Waals surface area contributed by atoms with Gasteiger partial charge in [0.2, 0.25) is 5.89 Å². The van der Waals surface area contributed by atoms with Crippen LogP contribution in [-0.4, -0.2) is 9.97 Å². The molecule has 1 N–H and O–H groups in total. The summed E-state index contributed by atoms with van der Waals surface area (Å²) in [6.45, 7) is 2.12. The van der Waals surface area contributed by atoms with E-state index in [1.165, 1.54) is 18.3 Å². The van der Waals surface area contributed by atoms with Crippen molar-refractivity contribution < 1.29 is 8.81 Å². The maximum Gasteiger partial charge on any atom is 0.213 e. The molecule has 15 heavy (non-hydrogen) atoms. The minimum Gasteiger partial charge on any atom is -0.444 e. The molecule has 2 aromatic heterocycles. The van der Waals surface area contributed by atoms with E-state index in [1.807, 2.05) is 0 Å². The molecule has 0 aromatic carbocycles. The Bertz CT molecular complexity index is 455. The van der Waals surface area contributed by atoms with Gasteiger partial charge in [-0.05, 0) is 19.1 Å². The van der Waals surface area contributed by atoms with Gasteiger partial charge in [0.15, 0.2) is 11.6 Å². The first-order valence-electron chi connectivity index (χ1n) is 4.51. The maximum absolute atomic E-state index is 13.1. The van der Waals surface area contributed by atoms with Crippen LogP contribution in [0.25, 0.3) is 0 Å². The zero-order valence-corrected chi connectivity index (χ0v) is 8.20. The second-order valence-electron chi connectivity index (χ2n) is 3.05. The highest BCUT2D eigenvalue weighted by Crippen LogP contribution is 2.10. The Morgan fingerprint density at radius 2 is 2.33 bits per heavy atom. The fourth-order valence-corrected chi connectivity index (χ4v) is 1.16. The Morgan fingerprint density at radius 3 is 3.00 bits per heavy atom. The van der Waals surface area contributed by atoms with E-state index in [4.69, 9.17) is 4.42 Å². The molecule has 0 saturated carbocycles. The second-order valence-corrected chi connectivity index (χ2v) is 3.05. The molecule has 0 unspecified atom stereocenters. The van der Waals surface area contributed by atoms with Gasteiger partial charge in [-0.25, -0.2) is 14.4 Å². The van der Waals surface area contributed by atoms with Gasteiger partial charge in [0, 0.05) is 6.20 Å². The number of pyridine rings is 1. The third-order valence-corrected chi connectivity index (χ3v) is 1.83. The number of aromatic nitrogens is 2. The molecule has 0 fully saturated rings. The van der Waals surface area contributed by atoms with E-state index >= 15 is 0 Å². The zero-order valence-electron chi connectivity index (χ0n) is 8.20. The molecular weight excluding hydrogens is 197 g/mol. The number of aryl methyl sites for hydroxylation is 1. The molecule has 0 aliphatic heterocycles. The molecule has 2 heterocycles. The van der Waals surface area contributed by atoms with Crippen LogP contribution in [0.15, 0.2) is 28.9 Å². The Kier molecular flexibility index (Phi) is 2.62. The highest BCUT2D eigenvalue weighted by Gasteiger charge is 2.04. The van der Waals surface area contributed by atoms with Gasteiger partial charge in [-0.1, -0.05) is 0 Å². The summed E-state index contributed by atoms with van der Waals surface area (Å²) < 4.78 is 18.3. The summed E-state index contributed by atoms with van der Waals surface area (Å²) in [7, 11) is 0. The van der Waals surface area contributed by atoms with E-state index < -0.39 is 0 Å². The van der Waals surface area contributed by atoms with E-state index in [0.717, 1.165) is 5.76 Å². The number of hydrogen-bond donors (Lipinski definition) is 1. The lowest BCUT2D eigenvalue weighted by molar-refractivity contribution is 0.478. The standard InChI is InChI=1S/C10H10FN3O/c1-7-5-13-9(15-7)6-14-10-8(11)3-2-4-12-10/h2-5H,6H2,1H3,(H,12,14). The molecule has 2 aromatic rings. The van der Waals surface area contributed by atoms with Gasteiger partial charge >= 0.3 is 0 Å². The fraction of sp³-hybridized carbons (Fsp3) is 0.200. The van der Waals surface area contributed by atoms with E-state index in [1.54, 1.807) is 13.1 Å². The van der Waals surface area contributed by atoms with E-state index in [-0.39, 0.29) is 11.6 Å². The van der Waals surface area contributed by atoms with Crippen molar-refractivity contribution in [2.24, 2.45) is 0 Å². The Balaban J connectivity index is 2.02. The predicted octanol–water partition coefficient (Wildman–Crippen LogP) is 2.13. The number of rotatable bonds is 3. The molecule has 0 radical (unpaired) electrons. The van der Waals surface area contributed by atoms with Crippen LogP contribution in [-0.2, 0) is 6.54 Å². The summed E-state index contributed by atoms with van der Waals surface area (Å²) in [4.78, 5) is 7.83. The van der Waals surface area contributed by atoms with Gasteiger partial charge in [0.25, 0.3) is 0 Å². The fourth-order valence-electron chi connectivity index (χ4n) is 1.16. The van der Waals surface area contributed by atoms with Crippen molar-refractivity contribution in [2.45, 2.75) is 13.5 Å². The summed E-state index contributed by atoms with van der Waals surface area (Å²) in [5, 5.41) is 2.80. The predicted molar refractivity (Wildman–Crippen MR) is 52.8 cm³/mol. The van der Waals surface area contributed by atoms with Crippen molar-refractivity contribution in [1.29, 1.82) is 0 Å². The van der Waals surface area contributed by atoms with Crippen LogP contribution in [0.2, 0.25) is 0 Å². The zero-order chi connectivity index (χ0) is 10.7. The highest BCUT2D eigenvalue weighted by molar-refractivity contribution is 5.35. The molecule has 0 amide bonds. The summed E-state index contributed by atoms with van der Waals surface area (Å²) >= 11 is 0. The van der Waals surface area contributed by atoms with Crippen molar-refractivity contribution in [3.63, 3.8) is 0 Å². The van der Waals surface area contributed by atoms with Crippen molar-refractivity contribution in [1.82, 2.24) is 9.97 Å². The number of oxazole rings is 1. The van der Waals surface area contributed by atoms with Crippen LogP contribution in [0, 0.1) is 12.7 Å². The van der Waals surface area contributed by atoms with Crippen LogP contribution >= 0.6 is 0 Å². The second kappa shape index (κ2) is 4.08. The van der Waals surface area contributed by atoms with Crippen molar-refractivity contribution >= 4 is 5.82 Å². The van der Waals surface area contributed by atoms with Crippen LogP contribution in [0.1, 0.15) is 11.7 Å². The number of halogens is 1. The summed E-state index contributed by atoms with van der Waals surface area (Å²) in [5.74, 6) is 1.06. The summed E-state index contributed by atoms with van der Waals surface area (Å²) in [6, 6.07) is 2.88. The summed E-state index contributed by atoms with van der Waals surface area (Å²) in [5.41, 5.74) is 0. The first-order chi connectivity index (χ1) is 7.25. The van der Waals surface area contributed by atoms with Crippen LogP contribution < -0.4 is 5.32 Å². The molecule has 78 valence electrons. The minimum atomic E-state index is -0.388. The molecule has 0 atom stereocenters. The first kappa shape index (κ1) is 9.64. The molecule has 0 aliphatic rings. The third-order valence-electron chi connectivity index (χ3n) is 1.83. The summed E-state index contributed by atoms with van der Waals surface area (Å²) in [6.07, 6.45) is 3.14. The average Bonchev–Trinajstić information content (AvgIpc) is 2.63. The molecule has 0 spiro atoms. The molecule has 5 heteroatoms. The lowest BCUT2D eigenvalue weighted by Gasteiger charge is -2.02. The number of anilines is 1. The number of nitrogens with one attached hydrogen (secondary N) is 1. The van der Waals surface area contributed by atoms with E-state index in [2.05, 4.69) is 15.3 Å². The SMILES string of the molecule is Cc1cnc(CNc2ncccc2F)o1. The largest absolute Gasteiger partial charge is 0.444 e. The number of nitrogens with zero attached hydrogens (tertiary/aromatic N) is 2. The smallest absolute Gasteiger partial charge is 0.213 e. The van der Waals surface area contributed by atoms with Gasteiger partial charge < -0.3 is 9.73 Å². The third kappa shape index (κ3) is 2.31. The molecule has 0 aliphatic carbocycles. The van der Waals surface area contributed by atoms with Crippen molar-refractivity contribution in [2.75, 3.05) is 5.32 Å². The highest BCUT2D eigenvalue weighted by atomic mass is 19.1. The average molecular weight is 207 g/mol. The molecule has 4 nitrogen and oxygen atoms in total. The van der Waals surface area contributed by atoms with Gasteiger partial charge in [-0.2, -0.15) is 0 Å². The Labute approximate surface area is 86.2 Å².